The molecular weight excluding hydrogens is 530 g/mol. The second-order valence-corrected chi connectivity index (χ2v) is 12.2. The summed E-state index contributed by atoms with van der Waals surface area (Å²) in [6.45, 7) is 2.72. The number of pyridine rings is 1. The molecule has 0 unspecified atom stereocenters. The molecule has 38 heavy (non-hydrogen) atoms. The Hall–Kier alpha value is -3.65. The fourth-order valence-electron chi connectivity index (χ4n) is 4.25. The van der Waals surface area contributed by atoms with E-state index in [-0.39, 0.29) is 28.5 Å². The van der Waals surface area contributed by atoms with E-state index in [1.807, 2.05) is 6.92 Å². The average Bonchev–Trinajstić information content (AvgIpc) is 3.56. The summed E-state index contributed by atoms with van der Waals surface area (Å²) in [5.41, 5.74) is 1.35. The van der Waals surface area contributed by atoms with Crippen LogP contribution in [0.25, 0.3) is 10.6 Å². The van der Waals surface area contributed by atoms with Crippen LogP contribution in [-0.2, 0) is 14.8 Å². The van der Waals surface area contributed by atoms with Crippen LogP contribution in [0.15, 0.2) is 36.9 Å². The monoisotopic (exact) mass is 557 g/mol. The third-order valence-corrected chi connectivity index (χ3v) is 9.20. The molecule has 1 saturated carbocycles. The number of anilines is 1. The Kier molecular flexibility index (Phi) is 7.25. The lowest BCUT2D eigenvalue weighted by Gasteiger charge is -2.24. The Morgan fingerprint density at radius 1 is 1.26 bits per heavy atom. The van der Waals surface area contributed by atoms with Gasteiger partial charge < -0.3 is 15.0 Å². The Labute approximate surface area is 223 Å². The molecule has 0 bridgehead atoms. The van der Waals surface area contributed by atoms with E-state index in [0.29, 0.717) is 53.8 Å². The smallest absolute Gasteiger partial charge is 0.280 e. The number of aromatic nitrogens is 4. The van der Waals surface area contributed by atoms with Crippen molar-refractivity contribution >= 4 is 38.9 Å². The van der Waals surface area contributed by atoms with Crippen LogP contribution in [0.4, 0.5) is 5.69 Å². The van der Waals surface area contributed by atoms with Crippen molar-refractivity contribution in [2.45, 2.75) is 37.5 Å². The predicted molar refractivity (Wildman–Crippen MR) is 140 cm³/mol. The van der Waals surface area contributed by atoms with E-state index in [9.17, 15) is 18.0 Å². The molecule has 5 rings (SSSR count). The molecule has 3 aromatic heterocycles. The number of hydrogen-bond donors (Lipinski definition) is 2. The molecule has 0 aromatic carbocycles. The lowest BCUT2D eigenvalue weighted by atomic mass is 9.95. The number of ether oxygens (including phenoxy) is 1. The standard InChI is InChI=1S/C24H27N7O5S2/c1-3-36-20-12-25-10-18(28-20)19-11-27-24(37-19)23(33)29-22(14-8-21(32)31(2)13-14)17-9-15(6-7-26-17)30-38(34,35)16-4-5-16/h6-7,9-12,14,16,22H,3-5,8,13H2,1-2H3,(H,26,30)(H,29,33)/t14-,22+/m0/s1. The second-order valence-electron chi connectivity index (χ2n) is 9.21. The van der Waals surface area contributed by atoms with Crippen LogP contribution in [0.2, 0.25) is 0 Å². The van der Waals surface area contributed by atoms with Gasteiger partial charge in [-0.2, -0.15) is 0 Å². The van der Waals surface area contributed by atoms with Gasteiger partial charge in [-0.3, -0.25) is 24.3 Å². The number of sulfonamides is 1. The molecule has 1 aliphatic carbocycles. The molecule has 0 radical (unpaired) electrons. The van der Waals surface area contributed by atoms with Crippen LogP contribution in [0.1, 0.15) is 47.7 Å². The molecule has 12 nitrogen and oxygen atoms in total. The van der Waals surface area contributed by atoms with Crippen LogP contribution in [0, 0.1) is 5.92 Å². The SMILES string of the molecule is CCOc1cncc(-c2cnc(C(=O)N[C@@H](c3cc(NS(=O)(=O)C4CC4)ccn3)[C@H]3CC(=O)N(C)C3)s2)n1. The summed E-state index contributed by atoms with van der Waals surface area (Å²) in [6.07, 6.45) is 7.62. The maximum absolute atomic E-state index is 13.3. The van der Waals surface area contributed by atoms with E-state index in [1.54, 1.807) is 36.5 Å². The zero-order valence-electron chi connectivity index (χ0n) is 20.8. The highest BCUT2D eigenvalue weighted by Gasteiger charge is 2.37. The molecule has 1 saturated heterocycles. The van der Waals surface area contributed by atoms with Crippen molar-refractivity contribution in [2.75, 3.05) is 24.9 Å². The highest BCUT2D eigenvalue weighted by Crippen LogP contribution is 2.33. The lowest BCUT2D eigenvalue weighted by Crippen LogP contribution is -2.35. The average molecular weight is 558 g/mol. The Morgan fingerprint density at radius 3 is 2.79 bits per heavy atom. The number of hydrogen-bond acceptors (Lipinski definition) is 10. The van der Waals surface area contributed by atoms with Gasteiger partial charge in [0.05, 0.1) is 46.6 Å². The third kappa shape index (κ3) is 5.75. The van der Waals surface area contributed by atoms with Gasteiger partial charge in [-0.25, -0.2) is 18.4 Å². The van der Waals surface area contributed by atoms with E-state index < -0.39 is 22.0 Å². The molecule has 2 fully saturated rings. The highest BCUT2D eigenvalue weighted by atomic mass is 32.2. The molecule has 0 spiro atoms. The molecule has 1 aliphatic heterocycles. The van der Waals surface area contributed by atoms with E-state index in [0.717, 1.165) is 11.3 Å². The summed E-state index contributed by atoms with van der Waals surface area (Å²) in [6, 6.07) is 2.53. The molecule has 200 valence electrons. The minimum absolute atomic E-state index is 0.0378. The topological polar surface area (TPSA) is 156 Å². The number of carbonyl (C=O) groups excluding carboxylic acids is 2. The normalized spacial score (nSPS) is 18.3. The van der Waals surface area contributed by atoms with Crippen molar-refractivity contribution in [2.24, 2.45) is 5.92 Å². The number of carbonyl (C=O) groups is 2. The van der Waals surface area contributed by atoms with Crippen LogP contribution >= 0.6 is 11.3 Å². The molecule has 4 heterocycles. The van der Waals surface area contributed by atoms with Gasteiger partial charge in [-0.1, -0.05) is 0 Å². The predicted octanol–water partition coefficient (Wildman–Crippen LogP) is 2.25. The molecule has 2 aliphatic rings. The minimum atomic E-state index is -3.47. The number of amides is 2. The van der Waals surface area contributed by atoms with E-state index in [4.69, 9.17) is 4.74 Å². The van der Waals surface area contributed by atoms with Crippen LogP contribution in [0.5, 0.6) is 5.88 Å². The minimum Gasteiger partial charge on any atom is -0.477 e. The summed E-state index contributed by atoms with van der Waals surface area (Å²) >= 11 is 1.15. The van der Waals surface area contributed by atoms with Crippen LogP contribution in [0.3, 0.4) is 0 Å². The van der Waals surface area contributed by atoms with Crippen LogP contribution in [-0.4, -0.2) is 70.5 Å². The second kappa shape index (κ2) is 10.6. The van der Waals surface area contributed by atoms with Crippen molar-refractivity contribution in [1.29, 1.82) is 0 Å². The lowest BCUT2D eigenvalue weighted by molar-refractivity contribution is -0.126. The first-order chi connectivity index (χ1) is 18.2. The highest BCUT2D eigenvalue weighted by molar-refractivity contribution is 7.93. The Morgan fingerprint density at radius 2 is 2.08 bits per heavy atom. The summed E-state index contributed by atoms with van der Waals surface area (Å²) in [5.74, 6) is -0.354. The maximum Gasteiger partial charge on any atom is 0.280 e. The summed E-state index contributed by atoms with van der Waals surface area (Å²) in [5, 5.41) is 2.81. The molecule has 2 atom stereocenters. The number of thiazole rings is 1. The molecule has 2 amide bonds. The van der Waals surface area contributed by atoms with E-state index >= 15 is 0 Å². The Balaban J connectivity index is 1.39. The largest absolute Gasteiger partial charge is 0.477 e. The van der Waals surface area contributed by atoms with Gasteiger partial charge in [0.2, 0.25) is 21.8 Å². The van der Waals surface area contributed by atoms with Crippen molar-refractivity contribution in [3.8, 4) is 16.5 Å². The first-order valence-electron chi connectivity index (χ1n) is 12.2. The van der Waals surface area contributed by atoms with E-state index in [1.165, 1.54) is 12.4 Å². The number of nitrogens with zero attached hydrogens (tertiary/aromatic N) is 5. The summed E-state index contributed by atoms with van der Waals surface area (Å²) < 4.78 is 32.9. The first-order valence-corrected chi connectivity index (χ1v) is 14.5. The summed E-state index contributed by atoms with van der Waals surface area (Å²) in [7, 11) is -1.76. The third-order valence-electron chi connectivity index (χ3n) is 6.31. The van der Waals surface area contributed by atoms with Crippen LogP contribution < -0.4 is 14.8 Å². The van der Waals surface area contributed by atoms with Gasteiger partial charge in [0.15, 0.2) is 5.01 Å². The zero-order chi connectivity index (χ0) is 26.9. The molecule has 2 N–H and O–H groups in total. The van der Waals surface area contributed by atoms with Gasteiger partial charge in [0, 0.05) is 38.3 Å². The Bertz CT molecular complexity index is 1460. The maximum atomic E-state index is 13.3. The summed E-state index contributed by atoms with van der Waals surface area (Å²) in [4.78, 5) is 45.1. The number of likely N-dealkylation sites (tertiary alicyclic amines) is 1. The fourth-order valence-corrected chi connectivity index (χ4v) is 6.40. The van der Waals surface area contributed by atoms with Crippen molar-refractivity contribution in [3.63, 3.8) is 0 Å². The quantitative estimate of drug-likeness (QED) is 0.382. The van der Waals surface area contributed by atoms with Gasteiger partial charge in [-0.05, 0) is 31.9 Å². The molecule has 14 heteroatoms. The van der Waals surface area contributed by atoms with Crippen molar-refractivity contribution < 1.29 is 22.7 Å². The van der Waals surface area contributed by atoms with E-state index in [2.05, 4.69) is 30.0 Å². The number of rotatable bonds is 10. The van der Waals surface area contributed by atoms with Gasteiger partial charge in [0.1, 0.15) is 5.69 Å². The van der Waals surface area contributed by atoms with Gasteiger partial charge in [0.25, 0.3) is 5.91 Å². The van der Waals surface area contributed by atoms with Crippen molar-refractivity contribution in [1.82, 2.24) is 30.2 Å². The first kappa shape index (κ1) is 26.0. The van der Waals surface area contributed by atoms with Crippen molar-refractivity contribution in [3.05, 3.63) is 47.6 Å². The molecule has 3 aromatic rings. The van der Waals surface area contributed by atoms with Gasteiger partial charge in [-0.15, -0.1) is 11.3 Å². The number of nitrogens with one attached hydrogen (secondary N) is 2. The zero-order valence-corrected chi connectivity index (χ0v) is 22.5. The fraction of sp³-hybridized carbons (Fsp3) is 0.417. The van der Waals surface area contributed by atoms with Gasteiger partial charge >= 0.3 is 0 Å². The molecular formula is C24H27N7O5S2.